The quantitative estimate of drug-likeness (QED) is 0.288. The van der Waals surface area contributed by atoms with Crippen LogP contribution in [0.15, 0.2) is 66.7 Å². The molecule has 0 saturated heterocycles. The third kappa shape index (κ3) is 5.40. The Morgan fingerprint density at radius 1 is 0.941 bits per heavy atom. The van der Waals surface area contributed by atoms with Crippen LogP contribution >= 0.6 is 12.2 Å². The lowest BCUT2D eigenvalue weighted by atomic mass is 10.1. The van der Waals surface area contributed by atoms with E-state index in [-0.39, 0.29) is 0 Å². The van der Waals surface area contributed by atoms with Crippen molar-refractivity contribution in [3.05, 3.63) is 88.2 Å². The molecular formula is C26H28N4O3S. The van der Waals surface area contributed by atoms with Gasteiger partial charge in [0, 0.05) is 0 Å². The molecule has 4 rings (SSSR count). The van der Waals surface area contributed by atoms with E-state index in [1.807, 2.05) is 49.4 Å². The van der Waals surface area contributed by atoms with Crippen molar-refractivity contribution in [3.8, 4) is 28.6 Å². The molecule has 0 unspecified atom stereocenters. The van der Waals surface area contributed by atoms with Crippen LogP contribution in [0.2, 0.25) is 0 Å². The molecule has 0 atom stereocenters. The van der Waals surface area contributed by atoms with Crippen LogP contribution in [0, 0.1) is 11.7 Å². The monoisotopic (exact) mass is 476 g/mol. The average molecular weight is 477 g/mol. The third-order valence-electron chi connectivity index (χ3n) is 5.28. The van der Waals surface area contributed by atoms with Crippen LogP contribution in [-0.4, -0.2) is 28.6 Å². The number of rotatable bonds is 10. The minimum Gasteiger partial charge on any atom is -0.496 e. The lowest BCUT2D eigenvalue weighted by Crippen LogP contribution is -2.16. The van der Waals surface area contributed by atoms with Gasteiger partial charge in [0.25, 0.3) is 0 Å². The summed E-state index contributed by atoms with van der Waals surface area (Å²) in [4.78, 5) is 0. The lowest BCUT2D eigenvalue weighted by molar-refractivity contribution is 0.269. The molecular weight excluding hydrogens is 448 g/mol. The van der Waals surface area contributed by atoms with Crippen molar-refractivity contribution >= 4 is 12.2 Å². The number of nitrogens with zero attached hydrogens (tertiary/aromatic N) is 2. The number of nitrogens with one attached hydrogen (secondary N) is 2. The number of para-hydroxylation sites is 1. The molecule has 4 aromatic rings. The molecule has 0 aliphatic rings. The summed E-state index contributed by atoms with van der Waals surface area (Å²) in [6, 6.07) is 21.9. The van der Waals surface area contributed by atoms with Gasteiger partial charge in [0.15, 0.2) is 17.3 Å². The molecule has 3 aromatic carbocycles. The highest BCUT2D eigenvalue weighted by molar-refractivity contribution is 7.71. The third-order valence-corrected chi connectivity index (χ3v) is 5.56. The molecule has 34 heavy (non-hydrogen) atoms. The van der Waals surface area contributed by atoms with Gasteiger partial charge in [-0.3, -0.25) is 0 Å². The van der Waals surface area contributed by atoms with Crippen molar-refractivity contribution in [3.63, 3.8) is 0 Å². The maximum atomic E-state index is 6.05. The summed E-state index contributed by atoms with van der Waals surface area (Å²) in [5.74, 6) is 2.77. The van der Waals surface area contributed by atoms with Crippen LogP contribution in [-0.2, 0) is 13.2 Å². The molecule has 0 fully saturated rings. The highest BCUT2D eigenvalue weighted by atomic mass is 32.1. The number of H-pyrrole nitrogens is 1. The molecule has 0 aliphatic carbocycles. The number of ether oxygens (including phenoxy) is 3. The Kier molecular flexibility index (Phi) is 7.49. The zero-order chi connectivity index (χ0) is 23.9. The van der Waals surface area contributed by atoms with Gasteiger partial charge in [-0.25, -0.2) is 9.77 Å². The van der Waals surface area contributed by atoms with E-state index in [1.165, 1.54) is 5.56 Å². The fraction of sp³-hybridized carbons (Fsp3) is 0.231. The molecule has 7 nitrogen and oxygen atoms in total. The van der Waals surface area contributed by atoms with Crippen molar-refractivity contribution in [1.29, 1.82) is 0 Å². The van der Waals surface area contributed by atoms with Gasteiger partial charge >= 0.3 is 0 Å². The number of benzene rings is 3. The van der Waals surface area contributed by atoms with E-state index in [2.05, 4.69) is 46.8 Å². The predicted molar refractivity (Wildman–Crippen MR) is 136 cm³/mol. The fourth-order valence-corrected chi connectivity index (χ4v) is 3.72. The Labute approximate surface area is 204 Å². The van der Waals surface area contributed by atoms with Crippen LogP contribution in [0.25, 0.3) is 11.4 Å². The van der Waals surface area contributed by atoms with Gasteiger partial charge in [-0.1, -0.05) is 48.0 Å². The summed E-state index contributed by atoms with van der Waals surface area (Å²) >= 11 is 5.44. The first-order valence-electron chi connectivity index (χ1n) is 11.1. The van der Waals surface area contributed by atoms with Crippen LogP contribution in [0.3, 0.4) is 0 Å². The van der Waals surface area contributed by atoms with Gasteiger partial charge in [0.05, 0.1) is 25.8 Å². The molecule has 0 bridgehead atoms. The molecule has 1 heterocycles. The van der Waals surface area contributed by atoms with E-state index in [0.717, 1.165) is 16.7 Å². The molecule has 0 radical (unpaired) electrons. The van der Waals surface area contributed by atoms with Gasteiger partial charge < -0.3 is 19.6 Å². The standard InChI is InChI=1S/C26H28N4O3S/c1-4-32-24-15-20(13-14-23(24)33-17-19-11-9-18(2)10-12-19)16-27-30-25(28-29-26(30)34)21-7-5-6-8-22(21)31-3/h5-15,27H,4,16-17H2,1-3H3,(H,29,34). The Morgan fingerprint density at radius 2 is 1.71 bits per heavy atom. The SMILES string of the molecule is CCOc1cc(CNn2c(-c3ccccc3OC)n[nH]c2=S)ccc1OCc1ccc(C)cc1. The van der Waals surface area contributed by atoms with Crippen LogP contribution in [0.4, 0.5) is 0 Å². The van der Waals surface area contributed by atoms with Crippen LogP contribution in [0.5, 0.6) is 17.2 Å². The normalized spacial score (nSPS) is 10.7. The van der Waals surface area contributed by atoms with E-state index >= 15 is 0 Å². The minimum absolute atomic E-state index is 0.462. The molecule has 0 aliphatic heterocycles. The Hall–Kier alpha value is -3.78. The number of aromatic nitrogens is 3. The van der Waals surface area contributed by atoms with E-state index in [1.54, 1.807) is 11.8 Å². The van der Waals surface area contributed by atoms with Gasteiger partial charge in [-0.2, -0.15) is 5.10 Å². The highest BCUT2D eigenvalue weighted by Crippen LogP contribution is 2.30. The van der Waals surface area contributed by atoms with Crippen molar-refractivity contribution in [2.24, 2.45) is 0 Å². The summed E-state index contributed by atoms with van der Waals surface area (Å²) < 4.78 is 19.6. The topological polar surface area (TPSA) is 73.3 Å². The second-order valence-corrected chi connectivity index (χ2v) is 8.10. The number of methoxy groups -OCH3 is 1. The van der Waals surface area contributed by atoms with Crippen LogP contribution < -0.4 is 19.6 Å². The second-order valence-electron chi connectivity index (χ2n) is 7.71. The summed E-state index contributed by atoms with van der Waals surface area (Å²) in [5, 5.41) is 7.24. The molecule has 176 valence electrons. The zero-order valence-electron chi connectivity index (χ0n) is 19.5. The maximum absolute atomic E-state index is 6.05. The summed E-state index contributed by atoms with van der Waals surface area (Å²) in [6.07, 6.45) is 0. The zero-order valence-corrected chi connectivity index (χ0v) is 20.3. The summed E-state index contributed by atoms with van der Waals surface area (Å²) in [5.41, 5.74) is 7.53. The molecule has 0 saturated carbocycles. The molecule has 2 N–H and O–H groups in total. The minimum atomic E-state index is 0.462. The molecule has 8 heteroatoms. The Balaban J connectivity index is 1.50. The number of hydrogen-bond donors (Lipinski definition) is 2. The second kappa shape index (κ2) is 10.9. The smallest absolute Gasteiger partial charge is 0.214 e. The maximum Gasteiger partial charge on any atom is 0.214 e. The largest absolute Gasteiger partial charge is 0.496 e. The van der Waals surface area contributed by atoms with Gasteiger partial charge in [-0.15, -0.1) is 0 Å². The van der Waals surface area contributed by atoms with E-state index < -0.39 is 0 Å². The highest BCUT2D eigenvalue weighted by Gasteiger charge is 2.14. The first-order valence-corrected chi connectivity index (χ1v) is 11.5. The fourth-order valence-electron chi connectivity index (χ4n) is 3.52. The predicted octanol–water partition coefficient (Wildman–Crippen LogP) is 5.65. The average Bonchev–Trinajstić information content (AvgIpc) is 3.23. The van der Waals surface area contributed by atoms with Gasteiger partial charge in [0.2, 0.25) is 4.77 Å². The molecule has 0 spiro atoms. The summed E-state index contributed by atoms with van der Waals surface area (Å²) in [7, 11) is 1.63. The number of hydrogen-bond acceptors (Lipinski definition) is 6. The first kappa shape index (κ1) is 23.4. The van der Waals surface area contributed by atoms with E-state index in [4.69, 9.17) is 26.4 Å². The molecule has 1 aromatic heterocycles. The lowest BCUT2D eigenvalue weighted by Gasteiger charge is -2.15. The van der Waals surface area contributed by atoms with Crippen molar-refractivity contribution < 1.29 is 14.2 Å². The van der Waals surface area contributed by atoms with Crippen molar-refractivity contribution in [2.45, 2.75) is 27.0 Å². The van der Waals surface area contributed by atoms with Gasteiger partial charge in [0.1, 0.15) is 12.4 Å². The Morgan fingerprint density at radius 3 is 2.47 bits per heavy atom. The van der Waals surface area contributed by atoms with E-state index in [0.29, 0.717) is 47.6 Å². The number of aromatic amines is 1. The van der Waals surface area contributed by atoms with Crippen molar-refractivity contribution in [1.82, 2.24) is 14.9 Å². The summed E-state index contributed by atoms with van der Waals surface area (Å²) in [6.45, 7) is 5.56. The number of aryl methyl sites for hydroxylation is 1. The molecule has 0 amide bonds. The Bertz CT molecular complexity index is 1300. The van der Waals surface area contributed by atoms with Crippen molar-refractivity contribution in [2.75, 3.05) is 19.1 Å². The first-order chi connectivity index (χ1) is 16.6. The van der Waals surface area contributed by atoms with Gasteiger partial charge in [-0.05, 0) is 61.5 Å². The van der Waals surface area contributed by atoms with Crippen LogP contribution in [0.1, 0.15) is 23.6 Å². The van der Waals surface area contributed by atoms with E-state index in [9.17, 15) is 0 Å².